The minimum Gasteiger partial charge on any atom is -0.490 e. The number of hydrogen-bond donors (Lipinski definition) is 1. The zero-order valence-electron chi connectivity index (χ0n) is 23.6. The molecule has 0 aliphatic carbocycles. The quantitative estimate of drug-likeness (QED) is 0.424. The summed E-state index contributed by atoms with van der Waals surface area (Å²) in [4.78, 5) is 30.3. The van der Waals surface area contributed by atoms with Gasteiger partial charge in [-0.1, -0.05) is 6.92 Å². The topological polar surface area (TPSA) is 92.7 Å². The molecule has 212 valence electrons. The zero-order chi connectivity index (χ0) is 28.2. The first-order chi connectivity index (χ1) is 19.4. The molecule has 10 heteroatoms. The number of amides is 1. The Hall–Kier alpha value is -3.79. The first-order valence-electron chi connectivity index (χ1n) is 14.0. The summed E-state index contributed by atoms with van der Waals surface area (Å²) in [7, 11) is 0. The van der Waals surface area contributed by atoms with E-state index < -0.39 is 5.82 Å². The predicted octanol–water partition coefficient (Wildman–Crippen LogP) is 4.93. The largest absolute Gasteiger partial charge is 0.490 e. The van der Waals surface area contributed by atoms with Crippen LogP contribution in [0, 0.1) is 5.82 Å². The highest BCUT2D eigenvalue weighted by Crippen LogP contribution is 2.35. The molecular formula is C30H37FN6O3. The van der Waals surface area contributed by atoms with E-state index in [1.54, 1.807) is 11.1 Å². The first-order valence-corrected chi connectivity index (χ1v) is 14.0. The number of carbonyl (C=O) groups excluding carboxylic acids is 1. The molecule has 1 fully saturated rings. The van der Waals surface area contributed by atoms with Gasteiger partial charge in [0, 0.05) is 69.3 Å². The molecule has 2 aromatic heterocycles. The van der Waals surface area contributed by atoms with E-state index in [-0.39, 0.29) is 29.4 Å². The fraction of sp³-hybridized carbons (Fsp3) is 0.467. The van der Waals surface area contributed by atoms with Gasteiger partial charge >= 0.3 is 0 Å². The van der Waals surface area contributed by atoms with Crippen molar-refractivity contribution in [1.29, 1.82) is 0 Å². The maximum absolute atomic E-state index is 14.2. The standard InChI is InChI=1S/C30H37FN6O3/c1-5-37(19(2)3)30(38)23-14-21(31)6-7-25(23)40-27-17-33-18-35-29(27)36-12-9-22(10-13-36)39-26-8-11-34-28-20(4)15-32-16-24(26)28/h6-8,11,14,17-20,22,32H,5,9-10,12-13,15-16H2,1-4H3. The second-order valence-corrected chi connectivity index (χ2v) is 10.6. The van der Waals surface area contributed by atoms with Crippen molar-refractivity contribution in [1.82, 2.24) is 25.2 Å². The van der Waals surface area contributed by atoms with Gasteiger partial charge in [0.25, 0.3) is 5.91 Å². The van der Waals surface area contributed by atoms with Gasteiger partial charge in [-0.3, -0.25) is 9.78 Å². The van der Waals surface area contributed by atoms with Gasteiger partial charge in [-0.2, -0.15) is 0 Å². The molecule has 0 spiro atoms. The Labute approximate surface area is 234 Å². The summed E-state index contributed by atoms with van der Waals surface area (Å²) in [5.74, 6) is 1.80. The fourth-order valence-electron chi connectivity index (χ4n) is 5.47. The molecule has 1 N–H and O–H groups in total. The number of halogens is 1. The number of aromatic nitrogens is 3. The van der Waals surface area contributed by atoms with E-state index in [4.69, 9.17) is 9.47 Å². The minimum atomic E-state index is -0.497. The van der Waals surface area contributed by atoms with Gasteiger partial charge < -0.3 is 24.6 Å². The lowest BCUT2D eigenvalue weighted by molar-refractivity contribution is 0.0713. The highest BCUT2D eigenvalue weighted by molar-refractivity contribution is 5.97. The van der Waals surface area contributed by atoms with Gasteiger partial charge in [-0.15, -0.1) is 0 Å². The maximum Gasteiger partial charge on any atom is 0.257 e. The molecule has 3 aromatic rings. The SMILES string of the molecule is CCN(C(=O)c1cc(F)ccc1Oc1cncnc1N1CCC(Oc2ccnc3c2CNCC3C)CC1)C(C)C. The second-order valence-electron chi connectivity index (χ2n) is 10.6. The Balaban J connectivity index is 1.30. The van der Waals surface area contributed by atoms with Crippen LogP contribution in [0.1, 0.15) is 68.1 Å². The third-order valence-corrected chi connectivity index (χ3v) is 7.58. The lowest BCUT2D eigenvalue weighted by atomic mass is 9.97. The maximum atomic E-state index is 14.2. The van der Waals surface area contributed by atoms with Gasteiger partial charge in [0.15, 0.2) is 11.6 Å². The molecular weight excluding hydrogens is 511 g/mol. The van der Waals surface area contributed by atoms with Crippen molar-refractivity contribution in [3.63, 3.8) is 0 Å². The van der Waals surface area contributed by atoms with E-state index in [9.17, 15) is 9.18 Å². The summed E-state index contributed by atoms with van der Waals surface area (Å²) in [6.07, 6.45) is 6.60. The highest BCUT2D eigenvalue weighted by Gasteiger charge is 2.28. The van der Waals surface area contributed by atoms with Crippen LogP contribution in [0.3, 0.4) is 0 Å². The van der Waals surface area contributed by atoms with E-state index >= 15 is 0 Å². The van der Waals surface area contributed by atoms with Gasteiger partial charge in [0.1, 0.15) is 29.7 Å². The highest BCUT2D eigenvalue weighted by atomic mass is 19.1. The Morgan fingerprint density at radius 3 is 2.73 bits per heavy atom. The number of hydrogen-bond acceptors (Lipinski definition) is 8. The molecule has 1 amide bonds. The van der Waals surface area contributed by atoms with Crippen LogP contribution < -0.4 is 19.7 Å². The monoisotopic (exact) mass is 548 g/mol. The number of ether oxygens (including phenoxy) is 2. The summed E-state index contributed by atoms with van der Waals surface area (Å²) >= 11 is 0. The summed E-state index contributed by atoms with van der Waals surface area (Å²) in [6.45, 7) is 11.6. The Bertz CT molecular complexity index is 1340. The first kappa shape index (κ1) is 27.8. The number of nitrogens with one attached hydrogen (secondary N) is 1. The number of fused-ring (bicyclic) bond motifs is 1. The molecule has 40 heavy (non-hydrogen) atoms. The number of carbonyl (C=O) groups is 1. The smallest absolute Gasteiger partial charge is 0.257 e. The molecule has 1 atom stereocenters. The zero-order valence-corrected chi connectivity index (χ0v) is 23.6. The molecule has 1 aromatic carbocycles. The third-order valence-electron chi connectivity index (χ3n) is 7.58. The number of nitrogens with zero attached hydrogens (tertiary/aromatic N) is 5. The van der Waals surface area contributed by atoms with Crippen LogP contribution in [0.2, 0.25) is 0 Å². The molecule has 2 aliphatic rings. The lowest BCUT2D eigenvalue weighted by Crippen LogP contribution is -2.39. The molecule has 2 aliphatic heterocycles. The van der Waals surface area contributed by atoms with Crippen LogP contribution in [-0.2, 0) is 6.54 Å². The third kappa shape index (κ3) is 5.86. The lowest BCUT2D eigenvalue weighted by Gasteiger charge is -2.34. The average molecular weight is 549 g/mol. The molecule has 1 saturated heterocycles. The van der Waals surface area contributed by atoms with E-state index in [2.05, 4.69) is 32.1 Å². The molecule has 9 nitrogen and oxygen atoms in total. The molecule has 0 saturated carbocycles. The van der Waals surface area contributed by atoms with Crippen molar-refractivity contribution in [2.24, 2.45) is 0 Å². The summed E-state index contributed by atoms with van der Waals surface area (Å²) in [5, 5.41) is 3.45. The van der Waals surface area contributed by atoms with Crippen LogP contribution in [0.5, 0.6) is 17.2 Å². The van der Waals surface area contributed by atoms with E-state index in [1.165, 1.54) is 24.5 Å². The van der Waals surface area contributed by atoms with Crippen molar-refractivity contribution < 1.29 is 18.7 Å². The van der Waals surface area contributed by atoms with Gasteiger partial charge in [0.2, 0.25) is 0 Å². The molecule has 1 unspecified atom stereocenters. The minimum absolute atomic E-state index is 0.0370. The molecule has 0 radical (unpaired) electrons. The van der Waals surface area contributed by atoms with Gasteiger partial charge in [-0.05, 0) is 45.0 Å². The van der Waals surface area contributed by atoms with Crippen molar-refractivity contribution in [2.75, 3.05) is 31.1 Å². The summed E-state index contributed by atoms with van der Waals surface area (Å²) in [5.41, 5.74) is 2.44. The van der Waals surface area contributed by atoms with Crippen LogP contribution in [0.25, 0.3) is 0 Å². The number of rotatable bonds is 8. The predicted molar refractivity (Wildman–Crippen MR) is 151 cm³/mol. The Morgan fingerprint density at radius 1 is 1.18 bits per heavy atom. The van der Waals surface area contributed by atoms with Crippen molar-refractivity contribution in [3.8, 4) is 17.2 Å². The summed E-state index contributed by atoms with van der Waals surface area (Å²) < 4.78 is 26.9. The molecule has 4 heterocycles. The van der Waals surface area contributed by atoms with E-state index in [1.807, 2.05) is 33.0 Å². The van der Waals surface area contributed by atoms with Crippen molar-refractivity contribution in [2.45, 2.75) is 65.1 Å². The normalized spacial score (nSPS) is 17.4. The van der Waals surface area contributed by atoms with Crippen LogP contribution in [-0.4, -0.2) is 64.1 Å². The second kappa shape index (κ2) is 12.2. The van der Waals surface area contributed by atoms with Crippen molar-refractivity contribution >= 4 is 11.7 Å². The van der Waals surface area contributed by atoms with E-state index in [0.717, 1.165) is 42.9 Å². The average Bonchev–Trinajstić information content (AvgIpc) is 2.95. The van der Waals surface area contributed by atoms with Crippen LogP contribution in [0.15, 0.2) is 43.0 Å². The van der Waals surface area contributed by atoms with Crippen LogP contribution >= 0.6 is 0 Å². The number of pyridine rings is 1. The fourth-order valence-corrected chi connectivity index (χ4v) is 5.47. The Morgan fingerprint density at radius 2 is 1.98 bits per heavy atom. The van der Waals surface area contributed by atoms with Crippen molar-refractivity contribution in [3.05, 3.63) is 65.6 Å². The van der Waals surface area contributed by atoms with Gasteiger partial charge in [0.05, 0.1) is 17.5 Å². The number of benzene rings is 1. The van der Waals surface area contributed by atoms with E-state index in [0.29, 0.717) is 37.1 Å². The Kier molecular flexibility index (Phi) is 8.44. The van der Waals surface area contributed by atoms with Crippen LogP contribution in [0.4, 0.5) is 10.2 Å². The summed E-state index contributed by atoms with van der Waals surface area (Å²) in [6, 6.07) is 5.92. The molecule has 5 rings (SSSR count). The van der Waals surface area contributed by atoms with Gasteiger partial charge in [-0.25, -0.2) is 14.4 Å². The number of piperidine rings is 1. The molecule has 0 bridgehead atoms. The number of anilines is 1.